The van der Waals surface area contributed by atoms with Crippen LogP contribution in [0.4, 0.5) is 0 Å². The van der Waals surface area contributed by atoms with Gasteiger partial charge in [0.1, 0.15) is 0 Å². The van der Waals surface area contributed by atoms with Crippen LogP contribution < -0.4 is 5.32 Å². The molecule has 1 aromatic carbocycles. The van der Waals surface area contributed by atoms with E-state index in [0.717, 1.165) is 24.5 Å². The van der Waals surface area contributed by atoms with E-state index in [-0.39, 0.29) is 0 Å². The van der Waals surface area contributed by atoms with Gasteiger partial charge in [-0.2, -0.15) is 0 Å². The lowest BCUT2D eigenvalue weighted by molar-refractivity contribution is 0.451. The minimum absolute atomic E-state index is 0.587. The summed E-state index contributed by atoms with van der Waals surface area (Å²) in [7, 11) is 0. The normalized spacial score (nSPS) is 24.9. The Morgan fingerprint density at radius 2 is 1.89 bits per heavy atom. The fourth-order valence-electron chi connectivity index (χ4n) is 3.16. The molecule has 0 amide bonds. The molecule has 3 heteroatoms. The first-order valence-electron chi connectivity index (χ1n) is 6.55. The maximum absolute atomic E-state index is 4.82. The fourth-order valence-corrected chi connectivity index (χ4v) is 3.16. The van der Waals surface area contributed by atoms with Crippen molar-refractivity contribution < 1.29 is 0 Å². The Morgan fingerprint density at radius 1 is 1.06 bits per heavy atom. The predicted octanol–water partition coefficient (Wildman–Crippen LogP) is 2.32. The van der Waals surface area contributed by atoms with Gasteiger partial charge in [0.25, 0.3) is 0 Å². The second kappa shape index (κ2) is 3.89. The first kappa shape index (κ1) is 10.2. The van der Waals surface area contributed by atoms with Crippen LogP contribution in [0.1, 0.15) is 29.5 Å². The first-order chi connectivity index (χ1) is 8.92. The van der Waals surface area contributed by atoms with Gasteiger partial charge in [-0.1, -0.05) is 30.3 Å². The van der Waals surface area contributed by atoms with Crippen LogP contribution in [-0.2, 0) is 0 Å². The molecule has 1 aromatic heterocycles. The van der Waals surface area contributed by atoms with Crippen molar-refractivity contribution >= 4 is 0 Å². The van der Waals surface area contributed by atoms with E-state index in [1.807, 2.05) is 24.4 Å². The van der Waals surface area contributed by atoms with E-state index in [9.17, 15) is 0 Å². The monoisotopic (exact) mass is 237 g/mol. The second-order valence-electron chi connectivity index (χ2n) is 5.19. The van der Waals surface area contributed by atoms with Crippen LogP contribution in [0.15, 0.2) is 36.5 Å². The second-order valence-corrected chi connectivity index (χ2v) is 5.19. The minimum Gasteiger partial charge on any atom is -0.315 e. The van der Waals surface area contributed by atoms with E-state index < -0.39 is 0 Å². The molecule has 1 N–H and O–H groups in total. The van der Waals surface area contributed by atoms with E-state index in [0.29, 0.717) is 11.8 Å². The zero-order valence-electron chi connectivity index (χ0n) is 10.1. The highest BCUT2D eigenvalue weighted by Crippen LogP contribution is 2.42. The molecule has 1 saturated heterocycles. The number of nitrogens with zero attached hydrogens (tertiary/aromatic N) is 2. The maximum atomic E-state index is 4.82. The minimum atomic E-state index is 0.587. The molecule has 1 fully saturated rings. The van der Waals surface area contributed by atoms with Gasteiger partial charge in [-0.25, -0.2) is 9.97 Å². The lowest BCUT2D eigenvalue weighted by Crippen LogP contribution is -2.28. The summed E-state index contributed by atoms with van der Waals surface area (Å²) < 4.78 is 0. The van der Waals surface area contributed by atoms with Crippen LogP contribution in [0, 0.1) is 0 Å². The number of piperidine rings is 1. The van der Waals surface area contributed by atoms with Crippen LogP contribution in [0.3, 0.4) is 0 Å². The Kier molecular flexibility index (Phi) is 2.20. The summed E-state index contributed by atoms with van der Waals surface area (Å²) >= 11 is 0. The summed E-state index contributed by atoms with van der Waals surface area (Å²) in [6.07, 6.45) is 3.29. The average molecular weight is 237 g/mol. The summed E-state index contributed by atoms with van der Waals surface area (Å²) in [6, 6.07) is 10.2. The number of hydrogen-bond donors (Lipinski definition) is 1. The van der Waals surface area contributed by atoms with Crippen LogP contribution in [0.25, 0.3) is 11.4 Å². The summed E-state index contributed by atoms with van der Waals surface area (Å²) in [4.78, 5) is 9.36. The molecule has 3 nitrogen and oxygen atoms in total. The van der Waals surface area contributed by atoms with Crippen molar-refractivity contribution in [2.24, 2.45) is 0 Å². The molecule has 2 aromatic rings. The van der Waals surface area contributed by atoms with Crippen LogP contribution in [0.5, 0.6) is 0 Å². The Labute approximate surface area is 106 Å². The average Bonchev–Trinajstić information content (AvgIpc) is 2.71. The Bertz CT molecular complexity index is 580. The zero-order valence-corrected chi connectivity index (χ0v) is 10.1. The van der Waals surface area contributed by atoms with E-state index >= 15 is 0 Å². The largest absolute Gasteiger partial charge is 0.315 e. The van der Waals surface area contributed by atoms with Gasteiger partial charge in [-0.05, 0) is 12.0 Å². The summed E-state index contributed by atoms with van der Waals surface area (Å²) in [5.74, 6) is 2.08. The van der Waals surface area contributed by atoms with Crippen molar-refractivity contribution in [3.8, 4) is 11.4 Å². The van der Waals surface area contributed by atoms with Crippen LogP contribution in [0.2, 0.25) is 0 Å². The standard InChI is InChI=1S/C15H15N3/c1-2-4-10(5-3-1)15-17-9-13-11-6-12(8-16-7-11)14(13)18-15/h1-5,9,11-12,16H,6-8H2/t11?,12-/m0/s1. The van der Waals surface area contributed by atoms with E-state index in [1.54, 1.807) is 0 Å². The first-order valence-corrected chi connectivity index (χ1v) is 6.55. The third-order valence-corrected chi connectivity index (χ3v) is 4.06. The molecule has 2 bridgehead atoms. The summed E-state index contributed by atoms with van der Waals surface area (Å²) in [5, 5.41) is 3.49. The van der Waals surface area contributed by atoms with Crippen molar-refractivity contribution in [1.29, 1.82) is 0 Å². The molecule has 4 rings (SSSR count). The molecular formula is C15H15N3. The number of aromatic nitrogens is 2. The van der Waals surface area contributed by atoms with Crippen LogP contribution >= 0.6 is 0 Å². The summed E-state index contributed by atoms with van der Waals surface area (Å²) in [5.41, 5.74) is 3.75. The van der Waals surface area contributed by atoms with E-state index in [1.165, 1.54) is 17.7 Å². The molecule has 2 heterocycles. The third-order valence-electron chi connectivity index (χ3n) is 4.06. The Hall–Kier alpha value is -1.74. The van der Waals surface area contributed by atoms with Crippen molar-refractivity contribution in [1.82, 2.24) is 15.3 Å². The van der Waals surface area contributed by atoms with Crippen molar-refractivity contribution in [2.75, 3.05) is 13.1 Å². The highest BCUT2D eigenvalue weighted by molar-refractivity contribution is 5.55. The number of hydrogen-bond acceptors (Lipinski definition) is 3. The highest BCUT2D eigenvalue weighted by atomic mass is 15.0. The molecule has 18 heavy (non-hydrogen) atoms. The molecule has 2 aliphatic rings. The van der Waals surface area contributed by atoms with Gasteiger partial charge in [-0.3, -0.25) is 0 Å². The molecule has 1 unspecified atom stereocenters. The van der Waals surface area contributed by atoms with Gasteiger partial charge < -0.3 is 5.32 Å². The van der Waals surface area contributed by atoms with Gasteiger partial charge >= 0.3 is 0 Å². The quantitative estimate of drug-likeness (QED) is 0.827. The molecule has 0 spiro atoms. The van der Waals surface area contributed by atoms with Crippen molar-refractivity contribution in [2.45, 2.75) is 18.3 Å². The predicted molar refractivity (Wildman–Crippen MR) is 70.4 cm³/mol. The summed E-state index contributed by atoms with van der Waals surface area (Å²) in [6.45, 7) is 2.15. The zero-order chi connectivity index (χ0) is 11.9. The lowest BCUT2D eigenvalue weighted by atomic mass is 9.98. The molecule has 90 valence electrons. The van der Waals surface area contributed by atoms with Crippen molar-refractivity contribution in [3.05, 3.63) is 47.8 Å². The van der Waals surface area contributed by atoms with Crippen molar-refractivity contribution in [3.63, 3.8) is 0 Å². The van der Waals surface area contributed by atoms with Gasteiger partial charge in [0, 0.05) is 36.7 Å². The Balaban J connectivity index is 1.81. The number of nitrogens with one attached hydrogen (secondary N) is 1. The van der Waals surface area contributed by atoms with E-state index in [4.69, 9.17) is 4.98 Å². The third kappa shape index (κ3) is 1.47. The highest BCUT2D eigenvalue weighted by Gasteiger charge is 2.35. The number of rotatable bonds is 1. The lowest BCUT2D eigenvalue weighted by Gasteiger charge is -2.19. The van der Waals surface area contributed by atoms with Gasteiger partial charge in [-0.15, -0.1) is 0 Å². The number of fused-ring (bicyclic) bond motifs is 5. The molecule has 2 atom stereocenters. The van der Waals surface area contributed by atoms with Crippen LogP contribution in [-0.4, -0.2) is 23.1 Å². The van der Waals surface area contributed by atoms with E-state index in [2.05, 4.69) is 22.4 Å². The molecule has 0 radical (unpaired) electrons. The molecule has 0 saturated carbocycles. The van der Waals surface area contributed by atoms with Gasteiger partial charge in [0.2, 0.25) is 0 Å². The Morgan fingerprint density at radius 3 is 2.78 bits per heavy atom. The maximum Gasteiger partial charge on any atom is 0.159 e. The van der Waals surface area contributed by atoms with Gasteiger partial charge in [0.15, 0.2) is 5.82 Å². The van der Waals surface area contributed by atoms with Gasteiger partial charge in [0.05, 0.1) is 5.69 Å². The SMILES string of the molecule is c1ccc(-c2ncc3c(n2)[C@@H]2CNCC3C2)cc1. The molecule has 1 aliphatic heterocycles. The molecule has 1 aliphatic carbocycles. The number of benzene rings is 1. The smallest absolute Gasteiger partial charge is 0.159 e. The topological polar surface area (TPSA) is 37.8 Å². The fraction of sp³-hybridized carbons (Fsp3) is 0.333. The molecular weight excluding hydrogens is 222 g/mol.